The summed E-state index contributed by atoms with van der Waals surface area (Å²) in [4.78, 5) is 11.6. The second-order valence-electron chi connectivity index (χ2n) is 5.16. The van der Waals surface area contributed by atoms with Gasteiger partial charge in [0.05, 0.1) is 31.0 Å². The third-order valence-electron chi connectivity index (χ3n) is 3.26. The van der Waals surface area contributed by atoms with Gasteiger partial charge < -0.3 is 9.47 Å². The van der Waals surface area contributed by atoms with Crippen LogP contribution in [-0.4, -0.2) is 56.9 Å². The molecule has 1 heterocycles. The number of esters is 1. The van der Waals surface area contributed by atoms with Gasteiger partial charge in [-0.1, -0.05) is 0 Å². The van der Waals surface area contributed by atoms with Crippen molar-refractivity contribution in [1.82, 2.24) is 4.31 Å². The zero-order chi connectivity index (χ0) is 15.2. The van der Waals surface area contributed by atoms with E-state index >= 15 is 0 Å². The number of rotatable bonds is 7. The van der Waals surface area contributed by atoms with E-state index < -0.39 is 10.0 Å². The standard InChI is InChI=1S/C13H25NO5S/c1-4-18-13(15)12-5-7-14(8-6-12)20(16,17)10-9-19-11(2)3/h11-12H,4-10H2,1-3H3. The number of hydrogen-bond acceptors (Lipinski definition) is 5. The van der Waals surface area contributed by atoms with Crippen molar-refractivity contribution >= 4 is 16.0 Å². The van der Waals surface area contributed by atoms with E-state index in [0.29, 0.717) is 32.5 Å². The quantitative estimate of drug-likeness (QED) is 0.657. The third-order valence-corrected chi connectivity index (χ3v) is 5.09. The van der Waals surface area contributed by atoms with Crippen LogP contribution in [0, 0.1) is 5.92 Å². The van der Waals surface area contributed by atoms with E-state index in [0.717, 1.165) is 0 Å². The highest BCUT2D eigenvalue weighted by Gasteiger charge is 2.31. The van der Waals surface area contributed by atoms with E-state index in [1.807, 2.05) is 13.8 Å². The Morgan fingerprint density at radius 3 is 2.40 bits per heavy atom. The second-order valence-corrected chi connectivity index (χ2v) is 7.25. The first-order valence-corrected chi connectivity index (χ1v) is 8.73. The second kappa shape index (κ2) is 7.95. The predicted octanol–water partition coefficient (Wildman–Crippen LogP) is 1.02. The van der Waals surface area contributed by atoms with Crippen molar-refractivity contribution in [3.05, 3.63) is 0 Å². The molecule has 6 nitrogen and oxygen atoms in total. The van der Waals surface area contributed by atoms with E-state index in [1.54, 1.807) is 6.92 Å². The minimum atomic E-state index is -3.28. The van der Waals surface area contributed by atoms with Gasteiger partial charge in [-0.2, -0.15) is 0 Å². The molecule has 1 aliphatic heterocycles. The van der Waals surface area contributed by atoms with Crippen molar-refractivity contribution in [2.45, 2.75) is 39.7 Å². The van der Waals surface area contributed by atoms with Crippen molar-refractivity contribution in [1.29, 1.82) is 0 Å². The Bertz CT molecular complexity index is 399. The molecular formula is C13H25NO5S. The first-order valence-electron chi connectivity index (χ1n) is 7.13. The maximum absolute atomic E-state index is 12.1. The minimum absolute atomic E-state index is 0.00471. The van der Waals surface area contributed by atoms with Gasteiger partial charge in [-0.15, -0.1) is 0 Å². The Balaban J connectivity index is 2.41. The highest BCUT2D eigenvalue weighted by molar-refractivity contribution is 7.89. The molecule has 0 unspecified atom stereocenters. The number of hydrogen-bond donors (Lipinski definition) is 0. The van der Waals surface area contributed by atoms with Crippen molar-refractivity contribution in [3.8, 4) is 0 Å². The molecule has 0 atom stereocenters. The first-order chi connectivity index (χ1) is 9.36. The predicted molar refractivity (Wildman–Crippen MR) is 75.8 cm³/mol. The van der Waals surface area contributed by atoms with Crippen LogP contribution in [0.5, 0.6) is 0 Å². The lowest BCUT2D eigenvalue weighted by Gasteiger charge is -2.30. The van der Waals surface area contributed by atoms with Crippen LogP contribution in [-0.2, 0) is 24.3 Å². The highest BCUT2D eigenvalue weighted by atomic mass is 32.2. The molecule has 118 valence electrons. The van der Waals surface area contributed by atoms with Crippen LogP contribution in [0.3, 0.4) is 0 Å². The summed E-state index contributed by atoms with van der Waals surface area (Å²) in [7, 11) is -3.28. The Morgan fingerprint density at radius 1 is 1.30 bits per heavy atom. The molecule has 0 bridgehead atoms. The van der Waals surface area contributed by atoms with E-state index in [1.165, 1.54) is 4.31 Å². The Morgan fingerprint density at radius 2 is 1.90 bits per heavy atom. The topological polar surface area (TPSA) is 72.9 Å². The zero-order valence-corrected chi connectivity index (χ0v) is 13.3. The molecular weight excluding hydrogens is 282 g/mol. The molecule has 1 fully saturated rings. The van der Waals surface area contributed by atoms with Crippen molar-refractivity contribution in [3.63, 3.8) is 0 Å². The van der Waals surface area contributed by atoms with Crippen LogP contribution in [0.2, 0.25) is 0 Å². The Kier molecular flexibility index (Phi) is 6.91. The van der Waals surface area contributed by atoms with Gasteiger partial charge in [-0.25, -0.2) is 12.7 Å². The van der Waals surface area contributed by atoms with Gasteiger partial charge in [0.1, 0.15) is 0 Å². The number of ether oxygens (including phenoxy) is 2. The summed E-state index contributed by atoms with van der Waals surface area (Å²) in [6, 6.07) is 0. The summed E-state index contributed by atoms with van der Waals surface area (Å²) in [6.45, 7) is 6.85. The molecule has 0 spiro atoms. The van der Waals surface area contributed by atoms with Gasteiger partial charge in [0, 0.05) is 13.1 Å². The van der Waals surface area contributed by atoms with E-state index in [9.17, 15) is 13.2 Å². The molecule has 7 heteroatoms. The van der Waals surface area contributed by atoms with E-state index in [-0.39, 0.29) is 30.4 Å². The number of carbonyl (C=O) groups excluding carboxylic acids is 1. The van der Waals surface area contributed by atoms with E-state index in [2.05, 4.69) is 0 Å². The van der Waals surface area contributed by atoms with Gasteiger partial charge in [-0.05, 0) is 33.6 Å². The summed E-state index contributed by atoms with van der Waals surface area (Å²) in [5.74, 6) is -0.393. The van der Waals surface area contributed by atoms with Gasteiger partial charge in [0.2, 0.25) is 10.0 Å². The van der Waals surface area contributed by atoms with Crippen LogP contribution in [0.4, 0.5) is 0 Å². The normalized spacial score (nSPS) is 18.4. The molecule has 20 heavy (non-hydrogen) atoms. The molecule has 1 saturated heterocycles. The SMILES string of the molecule is CCOC(=O)C1CCN(S(=O)(=O)CCOC(C)C)CC1. The summed E-state index contributed by atoms with van der Waals surface area (Å²) >= 11 is 0. The van der Waals surface area contributed by atoms with Crippen LogP contribution >= 0.6 is 0 Å². The highest BCUT2D eigenvalue weighted by Crippen LogP contribution is 2.21. The number of carbonyl (C=O) groups is 1. The van der Waals surface area contributed by atoms with Crippen molar-refractivity contribution < 1.29 is 22.7 Å². The smallest absolute Gasteiger partial charge is 0.309 e. The van der Waals surface area contributed by atoms with Crippen molar-refractivity contribution in [2.75, 3.05) is 32.1 Å². The summed E-state index contributed by atoms with van der Waals surface area (Å²) < 4.78 is 35.9. The number of nitrogens with zero attached hydrogens (tertiary/aromatic N) is 1. The Labute approximate surface area is 121 Å². The molecule has 0 radical (unpaired) electrons. The largest absolute Gasteiger partial charge is 0.466 e. The molecule has 0 aromatic rings. The average Bonchev–Trinajstić information content (AvgIpc) is 2.38. The molecule has 1 aliphatic rings. The lowest BCUT2D eigenvalue weighted by atomic mass is 9.98. The molecule has 0 amide bonds. The molecule has 0 N–H and O–H groups in total. The third kappa shape index (κ3) is 5.38. The lowest BCUT2D eigenvalue weighted by molar-refractivity contribution is -0.149. The fourth-order valence-electron chi connectivity index (χ4n) is 2.15. The van der Waals surface area contributed by atoms with Crippen LogP contribution in [0.1, 0.15) is 33.6 Å². The number of sulfonamides is 1. The van der Waals surface area contributed by atoms with Gasteiger partial charge >= 0.3 is 5.97 Å². The molecule has 0 aromatic carbocycles. The maximum atomic E-state index is 12.1. The van der Waals surface area contributed by atoms with Crippen molar-refractivity contribution in [2.24, 2.45) is 5.92 Å². The first kappa shape index (κ1) is 17.4. The molecule has 0 aromatic heterocycles. The van der Waals surface area contributed by atoms with Crippen LogP contribution in [0.25, 0.3) is 0 Å². The fraction of sp³-hybridized carbons (Fsp3) is 0.923. The summed E-state index contributed by atoms with van der Waals surface area (Å²) in [5.41, 5.74) is 0. The maximum Gasteiger partial charge on any atom is 0.309 e. The summed E-state index contributed by atoms with van der Waals surface area (Å²) in [5, 5.41) is 0. The van der Waals surface area contributed by atoms with Gasteiger partial charge in [-0.3, -0.25) is 4.79 Å². The Hall–Kier alpha value is -0.660. The molecule has 0 aliphatic carbocycles. The summed E-state index contributed by atoms with van der Waals surface area (Å²) in [6.07, 6.45) is 1.09. The van der Waals surface area contributed by atoms with Crippen LogP contribution in [0.15, 0.2) is 0 Å². The van der Waals surface area contributed by atoms with Gasteiger partial charge in [0.15, 0.2) is 0 Å². The monoisotopic (exact) mass is 307 g/mol. The lowest BCUT2D eigenvalue weighted by Crippen LogP contribution is -2.42. The molecule has 1 rings (SSSR count). The zero-order valence-electron chi connectivity index (χ0n) is 12.5. The van der Waals surface area contributed by atoms with Crippen LogP contribution < -0.4 is 0 Å². The van der Waals surface area contributed by atoms with Gasteiger partial charge in [0.25, 0.3) is 0 Å². The number of piperidine rings is 1. The van der Waals surface area contributed by atoms with E-state index in [4.69, 9.17) is 9.47 Å². The minimum Gasteiger partial charge on any atom is -0.466 e. The molecule has 0 saturated carbocycles. The fourth-order valence-corrected chi connectivity index (χ4v) is 3.48. The average molecular weight is 307 g/mol.